The van der Waals surface area contributed by atoms with Crippen LogP contribution < -0.4 is 21.8 Å². The van der Waals surface area contributed by atoms with E-state index in [1.807, 2.05) is 30.3 Å². The molecule has 0 saturated heterocycles. The maximum absolute atomic E-state index is 13.3. The minimum absolute atomic E-state index is 0.0889. The van der Waals surface area contributed by atoms with Gasteiger partial charge in [-0.2, -0.15) is 5.10 Å². The molecule has 35 heavy (non-hydrogen) atoms. The van der Waals surface area contributed by atoms with Gasteiger partial charge in [-0.25, -0.2) is 15.1 Å². The molecule has 2 amide bonds. The molecule has 2 aromatic heterocycles. The number of hydrogen-bond acceptors (Lipinski definition) is 5. The molecule has 0 aliphatic carbocycles. The number of amides is 2. The topological polar surface area (TPSA) is 101 Å². The van der Waals surface area contributed by atoms with Gasteiger partial charge in [0.05, 0.1) is 16.3 Å². The van der Waals surface area contributed by atoms with E-state index in [0.717, 1.165) is 5.56 Å². The Balaban J connectivity index is 1.59. The number of aryl methyl sites for hydroxylation is 1. The van der Waals surface area contributed by atoms with Gasteiger partial charge in [0.25, 0.3) is 11.8 Å². The summed E-state index contributed by atoms with van der Waals surface area (Å²) in [7, 11) is 5.86. The van der Waals surface area contributed by atoms with Crippen LogP contribution in [0.4, 0.5) is 5.69 Å². The summed E-state index contributed by atoms with van der Waals surface area (Å²) in [4.78, 5) is 30.4. The molecule has 11 heteroatoms. The summed E-state index contributed by atoms with van der Waals surface area (Å²) in [5, 5.41) is 7.56. The van der Waals surface area contributed by atoms with E-state index in [0.29, 0.717) is 17.1 Å². The van der Waals surface area contributed by atoms with E-state index in [-0.39, 0.29) is 33.4 Å². The van der Waals surface area contributed by atoms with Gasteiger partial charge in [0.2, 0.25) is 0 Å². The Kier molecular flexibility index (Phi) is 7.50. The maximum Gasteiger partial charge on any atom is 0.274 e. The van der Waals surface area contributed by atoms with Crippen molar-refractivity contribution in [2.24, 2.45) is 0 Å². The molecule has 0 aliphatic heterocycles. The molecule has 0 saturated carbocycles. The molecule has 2 heterocycles. The number of hydrazine groups is 1. The first kappa shape index (κ1) is 24.5. The van der Waals surface area contributed by atoms with E-state index in [4.69, 9.17) is 31.0 Å². The van der Waals surface area contributed by atoms with Crippen molar-refractivity contribution < 1.29 is 9.59 Å². The Labute approximate surface area is 213 Å². The molecule has 2 radical (unpaired) electrons. The largest absolute Gasteiger partial charge is 0.320 e. The summed E-state index contributed by atoms with van der Waals surface area (Å²) >= 11 is 12.4. The average Bonchev–Trinajstić information content (AvgIpc) is 3.23. The van der Waals surface area contributed by atoms with E-state index >= 15 is 0 Å². The summed E-state index contributed by atoms with van der Waals surface area (Å²) in [5.41, 5.74) is 7.76. The molecule has 2 aromatic carbocycles. The van der Waals surface area contributed by atoms with E-state index < -0.39 is 11.8 Å². The molecular formula is C24H19BCl2N6O2. The van der Waals surface area contributed by atoms with Crippen molar-refractivity contribution in [3.8, 4) is 5.82 Å². The molecule has 0 spiro atoms. The molecule has 174 valence electrons. The van der Waals surface area contributed by atoms with Crippen LogP contribution in [-0.4, -0.2) is 34.4 Å². The number of halogens is 2. The van der Waals surface area contributed by atoms with E-state index in [2.05, 4.69) is 26.3 Å². The zero-order valence-electron chi connectivity index (χ0n) is 18.5. The van der Waals surface area contributed by atoms with Crippen LogP contribution in [0.15, 0.2) is 66.9 Å². The number of carbonyl (C=O) groups excluding carboxylic acids is 2. The lowest BCUT2D eigenvalue weighted by Crippen LogP contribution is -2.37. The SMILES string of the molecule is [B]c1cc(C(=O)Nc2c(C)cc(Cl)cc2C(=O)NNCc2ccccc2)n(-c2ncccc2Cl)n1. The maximum atomic E-state index is 13.3. The second kappa shape index (κ2) is 10.7. The Hall–Kier alpha value is -3.66. The molecule has 3 N–H and O–H groups in total. The van der Waals surface area contributed by atoms with Crippen LogP contribution in [0.2, 0.25) is 10.0 Å². The lowest BCUT2D eigenvalue weighted by atomic mass is 10.0. The van der Waals surface area contributed by atoms with Crippen molar-refractivity contribution in [2.75, 3.05) is 5.32 Å². The minimum atomic E-state index is -0.562. The number of pyridine rings is 1. The normalized spacial score (nSPS) is 10.7. The summed E-state index contributed by atoms with van der Waals surface area (Å²) in [6, 6.07) is 17.4. The van der Waals surface area contributed by atoms with Gasteiger partial charge in [0, 0.05) is 23.4 Å². The van der Waals surface area contributed by atoms with Crippen LogP contribution in [-0.2, 0) is 6.54 Å². The highest BCUT2D eigenvalue weighted by molar-refractivity contribution is 6.33. The van der Waals surface area contributed by atoms with Gasteiger partial charge in [-0.15, -0.1) is 0 Å². The van der Waals surface area contributed by atoms with Gasteiger partial charge in [-0.05, 0) is 48.4 Å². The fraction of sp³-hybridized carbons (Fsp3) is 0.0833. The second-order valence-electron chi connectivity index (χ2n) is 7.57. The third kappa shape index (κ3) is 5.71. The number of nitrogens with one attached hydrogen (secondary N) is 3. The highest BCUT2D eigenvalue weighted by Crippen LogP contribution is 2.27. The first-order chi connectivity index (χ1) is 16.8. The Morgan fingerprint density at radius 2 is 1.80 bits per heavy atom. The monoisotopic (exact) mass is 504 g/mol. The Morgan fingerprint density at radius 1 is 1.03 bits per heavy atom. The first-order valence-corrected chi connectivity index (χ1v) is 11.2. The van der Waals surface area contributed by atoms with Crippen LogP contribution >= 0.6 is 23.2 Å². The molecule has 4 aromatic rings. The van der Waals surface area contributed by atoms with Gasteiger partial charge in [-0.1, -0.05) is 53.5 Å². The predicted octanol–water partition coefficient (Wildman–Crippen LogP) is 3.36. The smallest absolute Gasteiger partial charge is 0.274 e. The van der Waals surface area contributed by atoms with E-state index in [9.17, 15) is 9.59 Å². The molecular weight excluding hydrogens is 486 g/mol. The molecule has 0 bridgehead atoms. The number of benzene rings is 2. The summed E-state index contributed by atoms with van der Waals surface area (Å²) in [5.74, 6) is -0.790. The van der Waals surface area contributed by atoms with Gasteiger partial charge in [0.1, 0.15) is 13.5 Å². The summed E-state index contributed by atoms with van der Waals surface area (Å²) in [6.07, 6.45) is 1.52. The van der Waals surface area contributed by atoms with Gasteiger partial charge >= 0.3 is 0 Å². The third-order valence-corrected chi connectivity index (χ3v) is 5.53. The third-order valence-electron chi connectivity index (χ3n) is 5.02. The van der Waals surface area contributed by atoms with Crippen LogP contribution in [0, 0.1) is 6.92 Å². The van der Waals surface area contributed by atoms with Gasteiger partial charge in [0.15, 0.2) is 5.82 Å². The van der Waals surface area contributed by atoms with E-state index in [1.54, 1.807) is 25.1 Å². The number of hydrogen-bond donors (Lipinski definition) is 3. The molecule has 0 fully saturated rings. The van der Waals surface area contributed by atoms with Crippen molar-refractivity contribution in [2.45, 2.75) is 13.5 Å². The number of carbonyl (C=O) groups is 2. The molecule has 8 nitrogen and oxygen atoms in total. The second-order valence-corrected chi connectivity index (χ2v) is 8.41. The number of aromatic nitrogens is 3. The standard InChI is InChI=1S/C24H19BCl2N6O2/c1-14-10-16(26)11-17(23(34)31-29-13-15-6-3-2-4-7-15)21(14)30-24(35)19-12-20(25)32-33(19)22-18(27)8-5-9-28-22/h2-12,29H,13H2,1H3,(H,30,35)(H,31,34). The van der Waals surface area contributed by atoms with Crippen molar-refractivity contribution >= 4 is 54.1 Å². The van der Waals surface area contributed by atoms with Crippen molar-refractivity contribution in [1.29, 1.82) is 0 Å². The lowest BCUT2D eigenvalue weighted by Gasteiger charge is -2.16. The Bertz CT molecular complexity index is 1390. The van der Waals surface area contributed by atoms with Crippen molar-refractivity contribution in [3.63, 3.8) is 0 Å². The van der Waals surface area contributed by atoms with Gasteiger partial charge < -0.3 is 5.32 Å². The highest BCUT2D eigenvalue weighted by atomic mass is 35.5. The summed E-state index contributed by atoms with van der Waals surface area (Å²) in [6.45, 7) is 2.15. The van der Waals surface area contributed by atoms with Crippen LogP contribution in [0.3, 0.4) is 0 Å². The molecule has 4 rings (SSSR count). The van der Waals surface area contributed by atoms with Crippen molar-refractivity contribution in [1.82, 2.24) is 25.6 Å². The highest BCUT2D eigenvalue weighted by Gasteiger charge is 2.22. The predicted molar refractivity (Wildman–Crippen MR) is 137 cm³/mol. The van der Waals surface area contributed by atoms with Crippen LogP contribution in [0.5, 0.6) is 0 Å². The fourth-order valence-corrected chi connectivity index (χ4v) is 3.89. The zero-order chi connectivity index (χ0) is 24.9. The van der Waals surface area contributed by atoms with E-state index in [1.165, 1.54) is 23.0 Å². The van der Waals surface area contributed by atoms with Gasteiger partial charge in [-0.3, -0.25) is 15.0 Å². The fourth-order valence-electron chi connectivity index (χ4n) is 3.41. The zero-order valence-corrected chi connectivity index (χ0v) is 20.1. The molecule has 0 atom stereocenters. The van der Waals surface area contributed by atoms with Crippen molar-refractivity contribution in [3.05, 3.63) is 99.3 Å². The lowest BCUT2D eigenvalue weighted by molar-refractivity contribution is 0.0933. The number of rotatable bonds is 7. The molecule has 0 unspecified atom stereocenters. The Morgan fingerprint density at radius 3 is 2.54 bits per heavy atom. The molecule has 0 aliphatic rings. The van der Waals surface area contributed by atoms with Crippen LogP contribution in [0.25, 0.3) is 5.82 Å². The number of anilines is 1. The van der Waals surface area contributed by atoms with Crippen LogP contribution in [0.1, 0.15) is 32.0 Å². The average molecular weight is 505 g/mol. The minimum Gasteiger partial charge on any atom is -0.320 e. The summed E-state index contributed by atoms with van der Waals surface area (Å²) < 4.78 is 1.25. The first-order valence-electron chi connectivity index (χ1n) is 10.5. The quantitative estimate of drug-likeness (QED) is 0.264. The number of nitrogens with zero attached hydrogens (tertiary/aromatic N) is 3.